The van der Waals surface area contributed by atoms with Gasteiger partial charge in [-0.3, -0.25) is 4.79 Å². The predicted octanol–water partition coefficient (Wildman–Crippen LogP) is 3.79. The molecule has 1 heterocycles. The van der Waals surface area contributed by atoms with Crippen molar-refractivity contribution in [3.05, 3.63) is 65.5 Å². The van der Waals surface area contributed by atoms with Crippen LogP contribution >= 0.6 is 0 Å². The van der Waals surface area contributed by atoms with Crippen LogP contribution < -0.4 is 5.32 Å². The number of hydrogen-bond donors (Lipinski definition) is 1. The topological polar surface area (TPSA) is 46.9 Å². The van der Waals surface area contributed by atoms with Crippen molar-refractivity contribution in [2.45, 2.75) is 19.6 Å². The molecule has 0 unspecified atom stereocenters. The number of imidazole rings is 1. The van der Waals surface area contributed by atoms with E-state index in [1.165, 1.54) is 6.07 Å². The average molecular weight is 347 g/mol. The first-order valence-electron chi connectivity index (χ1n) is 7.74. The molecule has 0 aliphatic carbocycles. The van der Waals surface area contributed by atoms with E-state index < -0.39 is 12.0 Å². The maximum Gasteiger partial charge on any atom is 0.449 e. The fourth-order valence-electron chi connectivity index (χ4n) is 2.72. The highest BCUT2D eigenvalue weighted by atomic mass is 19.4. The van der Waals surface area contributed by atoms with E-state index >= 15 is 0 Å². The molecule has 4 nitrogen and oxygen atoms in total. The van der Waals surface area contributed by atoms with E-state index in [0.29, 0.717) is 11.1 Å². The van der Waals surface area contributed by atoms with Gasteiger partial charge in [0.05, 0.1) is 11.0 Å². The molecule has 0 aliphatic heterocycles. The minimum Gasteiger partial charge on any atom is -0.350 e. The average Bonchev–Trinajstić information content (AvgIpc) is 2.94. The summed E-state index contributed by atoms with van der Waals surface area (Å²) >= 11 is 0. The van der Waals surface area contributed by atoms with Crippen molar-refractivity contribution >= 4 is 16.9 Å². The van der Waals surface area contributed by atoms with Crippen LogP contribution in [-0.2, 0) is 12.7 Å². The Balaban J connectivity index is 1.79. The summed E-state index contributed by atoms with van der Waals surface area (Å²) in [6, 6.07) is 13.5. The second kappa shape index (κ2) is 6.58. The second-order valence-electron chi connectivity index (χ2n) is 5.64. The Bertz CT molecular complexity index is 915. The van der Waals surface area contributed by atoms with E-state index in [1.807, 2.05) is 6.07 Å². The number of hydrogen-bond acceptors (Lipinski definition) is 2. The monoisotopic (exact) mass is 347 g/mol. The summed E-state index contributed by atoms with van der Waals surface area (Å²) in [5, 5.41) is 2.67. The van der Waals surface area contributed by atoms with Gasteiger partial charge in [-0.2, -0.15) is 13.2 Å². The van der Waals surface area contributed by atoms with Crippen LogP contribution in [0.25, 0.3) is 11.0 Å². The Hall–Kier alpha value is -2.83. The third kappa shape index (κ3) is 3.50. The first kappa shape index (κ1) is 17.0. The smallest absolute Gasteiger partial charge is 0.350 e. The van der Waals surface area contributed by atoms with Crippen LogP contribution in [0, 0.1) is 6.92 Å². The molecule has 25 heavy (non-hydrogen) atoms. The summed E-state index contributed by atoms with van der Waals surface area (Å²) in [6.07, 6.45) is -4.56. The van der Waals surface area contributed by atoms with Crippen LogP contribution in [0.4, 0.5) is 13.2 Å². The molecule has 0 aliphatic rings. The highest BCUT2D eigenvalue weighted by molar-refractivity contribution is 5.95. The van der Waals surface area contributed by atoms with Crippen molar-refractivity contribution in [3.63, 3.8) is 0 Å². The zero-order chi connectivity index (χ0) is 18.0. The van der Waals surface area contributed by atoms with Crippen LogP contribution in [-0.4, -0.2) is 22.0 Å². The van der Waals surface area contributed by atoms with E-state index in [1.54, 1.807) is 43.3 Å². The molecule has 3 aromatic rings. The van der Waals surface area contributed by atoms with Crippen LogP contribution in [0.2, 0.25) is 0 Å². The number of benzene rings is 2. The van der Waals surface area contributed by atoms with E-state index in [2.05, 4.69) is 10.3 Å². The van der Waals surface area contributed by atoms with Gasteiger partial charge >= 0.3 is 6.18 Å². The van der Waals surface area contributed by atoms with Crippen LogP contribution in [0.5, 0.6) is 0 Å². The quantitative estimate of drug-likeness (QED) is 0.780. The number of amides is 1. The molecule has 1 N–H and O–H groups in total. The minimum atomic E-state index is -4.56. The maximum atomic E-state index is 13.2. The van der Waals surface area contributed by atoms with Crippen LogP contribution in [0.15, 0.2) is 48.5 Å². The lowest BCUT2D eigenvalue weighted by Crippen LogP contribution is -2.29. The first-order chi connectivity index (χ1) is 11.9. The number of fused-ring (bicyclic) bond motifs is 1. The molecule has 0 spiro atoms. The number of nitrogens with zero attached hydrogens (tertiary/aromatic N) is 2. The highest BCUT2D eigenvalue weighted by Crippen LogP contribution is 2.31. The van der Waals surface area contributed by atoms with E-state index in [0.717, 1.165) is 10.1 Å². The summed E-state index contributed by atoms with van der Waals surface area (Å²) in [5.41, 5.74) is 1.98. The fraction of sp³-hybridized carbons (Fsp3) is 0.222. The number of carbonyl (C=O) groups excluding carboxylic acids is 1. The lowest BCUT2D eigenvalue weighted by Gasteiger charge is -2.12. The Morgan fingerprint density at radius 1 is 1.12 bits per heavy atom. The van der Waals surface area contributed by atoms with Gasteiger partial charge in [0.2, 0.25) is 5.82 Å². The third-order valence-corrected chi connectivity index (χ3v) is 3.92. The number of para-hydroxylation sites is 2. The Kier molecular flexibility index (Phi) is 4.48. The number of carbonyl (C=O) groups is 1. The number of halogens is 3. The molecule has 130 valence electrons. The minimum absolute atomic E-state index is 0.0209. The third-order valence-electron chi connectivity index (χ3n) is 3.92. The molecular weight excluding hydrogens is 331 g/mol. The Morgan fingerprint density at radius 2 is 1.80 bits per heavy atom. The number of aromatic nitrogens is 2. The summed E-state index contributed by atoms with van der Waals surface area (Å²) < 4.78 is 40.7. The van der Waals surface area contributed by atoms with Crippen molar-refractivity contribution in [3.8, 4) is 0 Å². The summed E-state index contributed by atoms with van der Waals surface area (Å²) in [4.78, 5) is 15.9. The maximum absolute atomic E-state index is 13.2. The van der Waals surface area contributed by atoms with E-state index in [9.17, 15) is 18.0 Å². The van der Waals surface area contributed by atoms with Crippen molar-refractivity contribution in [1.82, 2.24) is 14.9 Å². The number of rotatable bonds is 4. The predicted molar refractivity (Wildman–Crippen MR) is 88.2 cm³/mol. The zero-order valence-electron chi connectivity index (χ0n) is 13.5. The molecule has 1 aromatic heterocycles. The van der Waals surface area contributed by atoms with Gasteiger partial charge in [0, 0.05) is 18.7 Å². The molecule has 7 heteroatoms. The van der Waals surface area contributed by atoms with Gasteiger partial charge in [-0.05, 0) is 30.7 Å². The molecule has 3 rings (SSSR count). The second-order valence-corrected chi connectivity index (χ2v) is 5.64. The van der Waals surface area contributed by atoms with Crippen LogP contribution in [0.3, 0.4) is 0 Å². The number of nitrogens with one attached hydrogen (secondary N) is 1. The van der Waals surface area contributed by atoms with Gasteiger partial charge in [-0.1, -0.05) is 30.3 Å². The van der Waals surface area contributed by atoms with Crippen molar-refractivity contribution < 1.29 is 18.0 Å². The lowest BCUT2D eigenvalue weighted by atomic mass is 10.1. The fourth-order valence-corrected chi connectivity index (χ4v) is 2.72. The van der Waals surface area contributed by atoms with Gasteiger partial charge < -0.3 is 9.88 Å². The molecule has 0 saturated heterocycles. The van der Waals surface area contributed by atoms with Crippen LogP contribution in [0.1, 0.15) is 21.7 Å². The number of aryl methyl sites for hydroxylation is 1. The summed E-state index contributed by atoms with van der Waals surface area (Å²) in [6.45, 7) is 1.85. The Morgan fingerprint density at radius 3 is 2.52 bits per heavy atom. The molecular formula is C18H16F3N3O. The highest BCUT2D eigenvalue weighted by Gasteiger charge is 2.37. The van der Waals surface area contributed by atoms with Gasteiger partial charge in [0.1, 0.15) is 0 Å². The SMILES string of the molecule is Cc1ccccc1C(=O)NCCn1c(C(F)(F)F)nc2ccccc21. The zero-order valence-corrected chi connectivity index (χ0v) is 13.5. The Labute approximate surface area is 142 Å². The molecule has 0 atom stereocenters. The molecule has 0 fully saturated rings. The molecule has 0 radical (unpaired) electrons. The van der Waals surface area contributed by atoms with Gasteiger partial charge in [0.15, 0.2) is 0 Å². The standard InChI is InChI=1S/C18H16F3N3O/c1-12-6-2-3-7-13(12)16(25)22-10-11-24-15-9-5-4-8-14(15)23-17(24)18(19,20)21/h2-9H,10-11H2,1H3,(H,22,25). The van der Waals surface area contributed by atoms with Crippen molar-refractivity contribution in [1.29, 1.82) is 0 Å². The van der Waals surface area contributed by atoms with Gasteiger partial charge in [-0.15, -0.1) is 0 Å². The largest absolute Gasteiger partial charge is 0.449 e. The molecule has 1 amide bonds. The van der Waals surface area contributed by atoms with Gasteiger partial charge in [-0.25, -0.2) is 4.98 Å². The van der Waals surface area contributed by atoms with Gasteiger partial charge in [0.25, 0.3) is 5.91 Å². The van der Waals surface area contributed by atoms with E-state index in [-0.39, 0.29) is 24.5 Å². The summed E-state index contributed by atoms with van der Waals surface area (Å²) in [7, 11) is 0. The molecule has 0 saturated carbocycles. The van der Waals surface area contributed by atoms with E-state index in [4.69, 9.17) is 0 Å². The van der Waals surface area contributed by atoms with Crippen molar-refractivity contribution in [2.75, 3.05) is 6.54 Å². The lowest BCUT2D eigenvalue weighted by molar-refractivity contribution is -0.146. The number of alkyl halides is 3. The normalized spacial score (nSPS) is 11.7. The van der Waals surface area contributed by atoms with Crippen molar-refractivity contribution in [2.24, 2.45) is 0 Å². The first-order valence-corrected chi connectivity index (χ1v) is 7.74. The molecule has 0 bridgehead atoms. The summed E-state index contributed by atoms with van der Waals surface area (Å²) in [5.74, 6) is -1.27. The molecule has 2 aromatic carbocycles.